The van der Waals surface area contributed by atoms with Gasteiger partial charge in [0.1, 0.15) is 0 Å². The average Bonchev–Trinajstić information content (AvgIpc) is 2.50. The van der Waals surface area contributed by atoms with Gasteiger partial charge in [0, 0.05) is 30.2 Å². The molecule has 0 aliphatic rings. The van der Waals surface area contributed by atoms with E-state index in [0.29, 0.717) is 5.56 Å². The molecule has 4 heteroatoms. The van der Waals surface area contributed by atoms with Crippen molar-refractivity contribution >= 4 is 17.3 Å². The number of carbonyl (C=O) groups excluding carboxylic acids is 1. The van der Waals surface area contributed by atoms with Gasteiger partial charge >= 0.3 is 0 Å². The summed E-state index contributed by atoms with van der Waals surface area (Å²) in [5.74, 6) is -0.124. The summed E-state index contributed by atoms with van der Waals surface area (Å²) in [7, 11) is 0. The van der Waals surface area contributed by atoms with Crippen molar-refractivity contribution in [3.8, 4) is 0 Å². The number of carbonyl (C=O) groups is 1. The average molecular weight is 297 g/mol. The molecule has 0 saturated heterocycles. The van der Waals surface area contributed by atoms with Crippen LogP contribution in [0.3, 0.4) is 0 Å². The van der Waals surface area contributed by atoms with Crippen LogP contribution in [0.2, 0.25) is 0 Å². The number of hydrogen-bond donors (Lipinski definition) is 1. The van der Waals surface area contributed by atoms with Crippen LogP contribution in [0.15, 0.2) is 36.4 Å². The van der Waals surface area contributed by atoms with Crippen LogP contribution in [0, 0.1) is 13.8 Å². The van der Waals surface area contributed by atoms with Gasteiger partial charge in [0.2, 0.25) is 0 Å². The molecule has 0 aliphatic heterocycles. The van der Waals surface area contributed by atoms with E-state index in [-0.39, 0.29) is 5.91 Å². The van der Waals surface area contributed by atoms with Crippen molar-refractivity contribution in [1.82, 2.24) is 4.98 Å². The van der Waals surface area contributed by atoms with E-state index < -0.39 is 0 Å². The topological polar surface area (TPSA) is 45.2 Å². The van der Waals surface area contributed by atoms with Crippen molar-refractivity contribution in [1.29, 1.82) is 0 Å². The Kier molecular flexibility index (Phi) is 5.15. The molecule has 0 unspecified atom stereocenters. The number of hydrogen-bond acceptors (Lipinski definition) is 3. The predicted octanol–water partition coefficient (Wildman–Crippen LogP) is 3.80. The molecule has 116 valence electrons. The summed E-state index contributed by atoms with van der Waals surface area (Å²) < 4.78 is 0. The van der Waals surface area contributed by atoms with Crippen LogP contribution in [0.4, 0.5) is 11.4 Å². The molecule has 22 heavy (non-hydrogen) atoms. The molecule has 1 heterocycles. The van der Waals surface area contributed by atoms with Crippen LogP contribution in [0.1, 0.15) is 35.6 Å². The molecule has 0 radical (unpaired) electrons. The summed E-state index contributed by atoms with van der Waals surface area (Å²) in [5, 5.41) is 2.92. The monoisotopic (exact) mass is 297 g/mol. The smallest absolute Gasteiger partial charge is 0.257 e. The first-order valence-electron chi connectivity index (χ1n) is 7.65. The highest BCUT2D eigenvalue weighted by atomic mass is 16.1. The number of aryl methyl sites for hydroxylation is 2. The van der Waals surface area contributed by atoms with Gasteiger partial charge in [-0.05, 0) is 64.1 Å². The number of amides is 1. The van der Waals surface area contributed by atoms with E-state index in [9.17, 15) is 4.79 Å². The first-order chi connectivity index (χ1) is 10.5. The van der Waals surface area contributed by atoms with Gasteiger partial charge < -0.3 is 10.2 Å². The summed E-state index contributed by atoms with van der Waals surface area (Å²) in [6, 6.07) is 11.6. The first-order valence-corrected chi connectivity index (χ1v) is 7.65. The highest BCUT2D eigenvalue weighted by molar-refractivity contribution is 6.05. The van der Waals surface area contributed by atoms with Gasteiger partial charge in [-0.1, -0.05) is 0 Å². The number of anilines is 2. The third kappa shape index (κ3) is 3.64. The highest BCUT2D eigenvalue weighted by Crippen LogP contribution is 2.18. The van der Waals surface area contributed by atoms with E-state index in [0.717, 1.165) is 35.9 Å². The van der Waals surface area contributed by atoms with Gasteiger partial charge in [0.05, 0.1) is 11.3 Å². The third-order valence-electron chi connectivity index (χ3n) is 3.72. The zero-order valence-corrected chi connectivity index (χ0v) is 13.7. The lowest BCUT2D eigenvalue weighted by Gasteiger charge is -2.21. The van der Waals surface area contributed by atoms with Crippen molar-refractivity contribution in [3.63, 3.8) is 0 Å². The van der Waals surface area contributed by atoms with Gasteiger partial charge in [0.15, 0.2) is 0 Å². The van der Waals surface area contributed by atoms with Crippen LogP contribution in [0.25, 0.3) is 0 Å². The summed E-state index contributed by atoms with van der Waals surface area (Å²) >= 11 is 0. The number of rotatable bonds is 5. The number of nitrogens with zero attached hydrogens (tertiary/aromatic N) is 2. The number of aromatic nitrogens is 1. The molecule has 1 amide bonds. The van der Waals surface area contributed by atoms with Gasteiger partial charge in [-0.15, -0.1) is 0 Å². The fraction of sp³-hybridized carbons (Fsp3) is 0.333. The summed E-state index contributed by atoms with van der Waals surface area (Å²) in [6.45, 7) is 9.97. The Labute approximate surface area is 132 Å². The maximum atomic E-state index is 12.3. The van der Waals surface area contributed by atoms with Crippen LogP contribution in [-0.4, -0.2) is 24.0 Å². The second-order valence-corrected chi connectivity index (χ2v) is 5.26. The number of benzene rings is 1. The van der Waals surface area contributed by atoms with Crippen LogP contribution < -0.4 is 10.2 Å². The van der Waals surface area contributed by atoms with Crippen LogP contribution in [0.5, 0.6) is 0 Å². The van der Waals surface area contributed by atoms with E-state index in [2.05, 4.69) is 29.0 Å². The maximum Gasteiger partial charge on any atom is 0.257 e. The number of nitrogens with one attached hydrogen (secondary N) is 1. The Morgan fingerprint density at radius 3 is 2.23 bits per heavy atom. The quantitative estimate of drug-likeness (QED) is 0.913. The van der Waals surface area contributed by atoms with Gasteiger partial charge in [0.25, 0.3) is 5.91 Å². The minimum atomic E-state index is -0.124. The largest absolute Gasteiger partial charge is 0.372 e. The molecule has 0 fully saturated rings. The lowest BCUT2D eigenvalue weighted by molar-refractivity contribution is 0.102. The number of pyridine rings is 1. The lowest BCUT2D eigenvalue weighted by Crippen LogP contribution is -2.21. The van der Waals surface area contributed by atoms with E-state index in [1.165, 1.54) is 0 Å². The molecule has 2 rings (SSSR count). The molecule has 0 atom stereocenters. The van der Waals surface area contributed by atoms with E-state index in [1.54, 1.807) is 0 Å². The van der Waals surface area contributed by atoms with Gasteiger partial charge in [-0.25, -0.2) is 0 Å². The van der Waals surface area contributed by atoms with Crippen molar-refractivity contribution in [2.24, 2.45) is 0 Å². The Morgan fingerprint density at radius 2 is 1.68 bits per heavy atom. The summed E-state index contributed by atoms with van der Waals surface area (Å²) in [4.78, 5) is 18.9. The second-order valence-electron chi connectivity index (χ2n) is 5.26. The van der Waals surface area contributed by atoms with Gasteiger partial charge in [-0.3, -0.25) is 9.78 Å². The zero-order valence-electron chi connectivity index (χ0n) is 13.7. The van der Waals surface area contributed by atoms with Crippen LogP contribution in [-0.2, 0) is 0 Å². The molecule has 1 aromatic carbocycles. The highest BCUT2D eigenvalue weighted by Gasteiger charge is 2.10. The standard InChI is InChI=1S/C18H23N3O/c1-5-21(6-2)16-10-8-15(9-11-16)20-18(22)17-12-7-13(3)19-14(17)4/h7-12H,5-6H2,1-4H3,(H,20,22). The molecular formula is C18H23N3O. The Bertz CT molecular complexity index is 646. The molecule has 1 aromatic heterocycles. The zero-order chi connectivity index (χ0) is 16.1. The summed E-state index contributed by atoms with van der Waals surface area (Å²) in [5.41, 5.74) is 4.23. The minimum Gasteiger partial charge on any atom is -0.372 e. The van der Waals surface area contributed by atoms with E-state index in [4.69, 9.17) is 0 Å². The minimum absolute atomic E-state index is 0.124. The first kappa shape index (κ1) is 16.0. The van der Waals surface area contributed by atoms with Crippen molar-refractivity contribution in [2.75, 3.05) is 23.3 Å². The predicted molar refractivity (Wildman–Crippen MR) is 91.7 cm³/mol. The Hall–Kier alpha value is -2.36. The molecule has 0 saturated carbocycles. The molecule has 2 aromatic rings. The van der Waals surface area contributed by atoms with E-state index >= 15 is 0 Å². The van der Waals surface area contributed by atoms with Crippen molar-refractivity contribution < 1.29 is 4.79 Å². The molecule has 0 bridgehead atoms. The molecular weight excluding hydrogens is 274 g/mol. The SMILES string of the molecule is CCN(CC)c1ccc(NC(=O)c2ccc(C)nc2C)cc1. The van der Waals surface area contributed by atoms with Crippen molar-refractivity contribution in [2.45, 2.75) is 27.7 Å². The Morgan fingerprint density at radius 1 is 1.05 bits per heavy atom. The normalized spacial score (nSPS) is 10.4. The molecule has 0 spiro atoms. The third-order valence-corrected chi connectivity index (χ3v) is 3.72. The van der Waals surface area contributed by atoms with E-state index in [1.807, 2.05) is 50.2 Å². The summed E-state index contributed by atoms with van der Waals surface area (Å²) in [6.07, 6.45) is 0. The second kappa shape index (κ2) is 7.07. The Balaban J connectivity index is 2.12. The fourth-order valence-corrected chi connectivity index (χ4v) is 2.47. The molecule has 1 N–H and O–H groups in total. The van der Waals surface area contributed by atoms with Crippen LogP contribution >= 0.6 is 0 Å². The fourth-order valence-electron chi connectivity index (χ4n) is 2.47. The maximum absolute atomic E-state index is 12.3. The lowest BCUT2D eigenvalue weighted by atomic mass is 10.1. The van der Waals surface area contributed by atoms with Gasteiger partial charge in [-0.2, -0.15) is 0 Å². The molecule has 4 nitrogen and oxygen atoms in total. The van der Waals surface area contributed by atoms with Crippen molar-refractivity contribution in [3.05, 3.63) is 53.3 Å². The molecule has 0 aliphatic carbocycles.